The fourth-order valence-electron chi connectivity index (χ4n) is 7.30. The zero-order valence-corrected chi connectivity index (χ0v) is 37.7. The van der Waals surface area contributed by atoms with Crippen LogP contribution in [0.4, 0.5) is 0 Å². The van der Waals surface area contributed by atoms with E-state index in [2.05, 4.69) is 38.2 Å². The second-order valence-corrected chi connectivity index (χ2v) is 16.9. The molecule has 0 bridgehead atoms. The van der Waals surface area contributed by atoms with Gasteiger partial charge in [-0.1, -0.05) is 141 Å². The van der Waals surface area contributed by atoms with Crippen LogP contribution in [-0.2, 0) is 28.5 Å². The molecule has 2 aliphatic heterocycles. The van der Waals surface area contributed by atoms with Crippen LogP contribution in [0, 0.1) is 0 Å². The van der Waals surface area contributed by atoms with Gasteiger partial charge in [-0.3, -0.25) is 9.59 Å². The van der Waals surface area contributed by atoms with Crippen LogP contribution in [0.2, 0.25) is 0 Å². The Labute approximate surface area is 363 Å². The van der Waals surface area contributed by atoms with Crippen LogP contribution in [0.25, 0.3) is 0 Å². The van der Waals surface area contributed by atoms with Crippen LogP contribution in [-0.4, -0.2) is 118 Å². The van der Waals surface area contributed by atoms with Crippen molar-refractivity contribution >= 4 is 11.9 Å². The van der Waals surface area contributed by atoms with Crippen LogP contribution in [0.3, 0.4) is 0 Å². The average Bonchev–Trinajstić information content (AvgIpc) is 3.76. The number of hydrogen-bond donors (Lipinski definition) is 6. The Morgan fingerprint density at radius 1 is 0.483 bits per heavy atom. The number of esters is 2. The lowest BCUT2D eigenvalue weighted by atomic mass is 10.1. The van der Waals surface area contributed by atoms with Gasteiger partial charge in [0.2, 0.25) is 0 Å². The van der Waals surface area contributed by atoms with Gasteiger partial charge >= 0.3 is 11.9 Å². The highest BCUT2D eigenvalue weighted by molar-refractivity contribution is 5.69. The molecule has 2 rings (SSSR count). The summed E-state index contributed by atoms with van der Waals surface area (Å²) < 4.78 is 20.3. The van der Waals surface area contributed by atoms with E-state index < -0.39 is 48.8 Å². The Morgan fingerprint density at radius 2 is 0.767 bits per heavy atom. The first-order chi connectivity index (χ1) is 29.1. The molecule has 8 atom stereocenters. The van der Waals surface area contributed by atoms with E-state index in [1.807, 2.05) is 0 Å². The molecule has 12 nitrogen and oxygen atoms in total. The van der Waals surface area contributed by atoms with Crippen molar-refractivity contribution in [3.63, 3.8) is 0 Å². The molecule has 0 radical (unpaired) electrons. The predicted molar refractivity (Wildman–Crippen MR) is 236 cm³/mol. The van der Waals surface area contributed by atoms with Gasteiger partial charge in [-0.2, -0.15) is 0 Å². The zero-order valence-electron chi connectivity index (χ0n) is 37.7. The lowest BCUT2D eigenvalue weighted by Crippen LogP contribution is -2.41. The minimum atomic E-state index is -1.15. The SMILES string of the molecule is CCCCCCCC/C=C\CCCCCCCC(=O)OC[C@@H](O)[C@H]1OC[C@H](O)[C@H]1O.CCCCCCCC/C=C\CCCCCCCC(=O)OC[C@@H](O)[C@H]1OC[C@H](O)[C@H]1O. The van der Waals surface area contributed by atoms with Gasteiger partial charge in [0.1, 0.15) is 62.0 Å². The van der Waals surface area contributed by atoms with E-state index in [0.717, 1.165) is 51.4 Å². The fraction of sp³-hybridized carbons (Fsp3) is 0.875. The van der Waals surface area contributed by atoms with Crippen LogP contribution < -0.4 is 0 Å². The van der Waals surface area contributed by atoms with E-state index in [-0.39, 0.29) is 38.4 Å². The Hall–Kier alpha value is -1.90. The number of carbonyl (C=O) groups is 2. The zero-order chi connectivity index (χ0) is 44.1. The smallest absolute Gasteiger partial charge is 0.305 e. The summed E-state index contributed by atoms with van der Waals surface area (Å²) >= 11 is 0. The third-order valence-corrected chi connectivity index (χ3v) is 11.3. The molecule has 0 aliphatic carbocycles. The largest absolute Gasteiger partial charge is 0.463 e. The molecule has 0 unspecified atom stereocenters. The number of rotatable bonds is 36. The molecule has 6 N–H and O–H groups in total. The fourth-order valence-corrected chi connectivity index (χ4v) is 7.30. The Bertz CT molecular complexity index is 988. The van der Waals surface area contributed by atoms with Gasteiger partial charge in [0.15, 0.2) is 0 Å². The summed E-state index contributed by atoms with van der Waals surface area (Å²) in [5.41, 5.74) is 0. The van der Waals surface area contributed by atoms with Crippen LogP contribution in [0.1, 0.15) is 194 Å². The molecule has 2 heterocycles. The molecule has 0 aromatic carbocycles. The minimum absolute atomic E-state index is 0.0221. The third kappa shape index (κ3) is 29.4. The van der Waals surface area contributed by atoms with Crippen molar-refractivity contribution in [2.75, 3.05) is 26.4 Å². The Balaban J connectivity index is 0.000000600. The van der Waals surface area contributed by atoms with Crippen LogP contribution in [0.5, 0.6) is 0 Å². The second kappa shape index (κ2) is 38.7. The molecule has 0 spiro atoms. The van der Waals surface area contributed by atoms with Crippen molar-refractivity contribution in [1.29, 1.82) is 0 Å². The van der Waals surface area contributed by atoms with Crippen molar-refractivity contribution < 1.29 is 59.2 Å². The maximum atomic E-state index is 11.7. The monoisotopic (exact) mass is 857 g/mol. The third-order valence-electron chi connectivity index (χ3n) is 11.3. The first-order valence-corrected chi connectivity index (χ1v) is 24.0. The van der Waals surface area contributed by atoms with Gasteiger partial charge in [-0.05, 0) is 64.2 Å². The Morgan fingerprint density at radius 3 is 1.05 bits per heavy atom. The second-order valence-electron chi connectivity index (χ2n) is 16.9. The van der Waals surface area contributed by atoms with Gasteiger partial charge < -0.3 is 49.6 Å². The summed E-state index contributed by atoms with van der Waals surface area (Å²) in [6.45, 7) is 4.01. The van der Waals surface area contributed by atoms with E-state index >= 15 is 0 Å². The minimum Gasteiger partial charge on any atom is -0.463 e. The standard InChI is InChI=1S/2C24H44O6/c2*1-2-3-4-5-6-7-8-9-10-11-12-13-14-15-16-17-22(27)29-19-21(26)24-23(28)20(25)18-30-24/h2*9-10,20-21,23-26,28H,2-8,11-19H2,1H3/b2*10-9-/t2*20-,21+,23+,24+/m00/s1. The number of hydrogen-bond acceptors (Lipinski definition) is 12. The van der Waals surface area contributed by atoms with E-state index in [1.54, 1.807) is 0 Å². The number of carbonyl (C=O) groups excluding carboxylic acids is 2. The van der Waals surface area contributed by atoms with Gasteiger partial charge in [-0.15, -0.1) is 0 Å². The normalized spacial score (nSPS) is 22.6. The van der Waals surface area contributed by atoms with Crippen molar-refractivity contribution in [2.24, 2.45) is 0 Å². The molecule has 60 heavy (non-hydrogen) atoms. The molecule has 0 saturated carbocycles. The number of unbranched alkanes of at least 4 members (excludes halogenated alkanes) is 22. The average molecular weight is 857 g/mol. The van der Waals surface area contributed by atoms with E-state index in [4.69, 9.17) is 18.9 Å². The molecule has 2 aliphatic rings. The maximum Gasteiger partial charge on any atom is 0.305 e. The Kier molecular flexibility index (Phi) is 36.2. The molecular weight excluding hydrogens is 769 g/mol. The van der Waals surface area contributed by atoms with Gasteiger partial charge in [0, 0.05) is 12.8 Å². The lowest BCUT2D eigenvalue weighted by molar-refractivity contribution is -0.151. The quantitative estimate of drug-likeness (QED) is 0.0202. The molecule has 0 aromatic heterocycles. The summed E-state index contributed by atoms with van der Waals surface area (Å²) in [7, 11) is 0. The van der Waals surface area contributed by atoms with Crippen molar-refractivity contribution in [1.82, 2.24) is 0 Å². The molecule has 2 fully saturated rings. The highest BCUT2D eigenvalue weighted by Crippen LogP contribution is 2.20. The summed E-state index contributed by atoms with van der Waals surface area (Å²) in [6, 6.07) is 0. The topological polar surface area (TPSA) is 192 Å². The van der Waals surface area contributed by atoms with Gasteiger partial charge in [0.05, 0.1) is 13.2 Å². The molecule has 0 amide bonds. The molecule has 12 heteroatoms. The molecular formula is C48H88O12. The number of aliphatic hydroxyl groups excluding tert-OH is 6. The molecule has 352 valence electrons. The first kappa shape index (κ1) is 56.1. The first-order valence-electron chi connectivity index (χ1n) is 24.0. The van der Waals surface area contributed by atoms with E-state index in [0.29, 0.717) is 12.8 Å². The summed E-state index contributed by atoms with van der Waals surface area (Å²) in [4.78, 5) is 23.5. The summed E-state index contributed by atoms with van der Waals surface area (Å²) in [5, 5.41) is 58.0. The molecule has 0 aromatic rings. The highest BCUT2D eigenvalue weighted by atomic mass is 16.6. The van der Waals surface area contributed by atoms with Crippen molar-refractivity contribution in [3.05, 3.63) is 24.3 Å². The van der Waals surface area contributed by atoms with Crippen molar-refractivity contribution in [3.8, 4) is 0 Å². The van der Waals surface area contributed by atoms with Crippen LogP contribution >= 0.6 is 0 Å². The predicted octanol–water partition coefficient (Wildman–Crippen LogP) is 8.10. The van der Waals surface area contributed by atoms with Crippen molar-refractivity contribution in [2.45, 2.75) is 242 Å². The maximum absolute atomic E-state index is 11.7. The summed E-state index contributed by atoms with van der Waals surface area (Å²) in [5.74, 6) is -0.695. The highest BCUT2D eigenvalue weighted by Gasteiger charge is 2.40. The van der Waals surface area contributed by atoms with E-state index in [9.17, 15) is 40.2 Å². The number of ether oxygens (including phenoxy) is 4. The summed E-state index contributed by atoms with van der Waals surface area (Å²) in [6.07, 6.45) is 32.9. The van der Waals surface area contributed by atoms with Gasteiger partial charge in [-0.25, -0.2) is 0 Å². The van der Waals surface area contributed by atoms with Crippen LogP contribution in [0.15, 0.2) is 24.3 Å². The van der Waals surface area contributed by atoms with Gasteiger partial charge in [0.25, 0.3) is 0 Å². The molecule has 2 saturated heterocycles. The number of allylic oxidation sites excluding steroid dienone is 4. The van der Waals surface area contributed by atoms with E-state index in [1.165, 1.54) is 116 Å². The number of aliphatic hydroxyl groups is 6. The lowest BCUT2D eigenvalue weighted by Gasteiger charge is -2.20.